The van der Waals surface area contributed by atoms with Crippen molar-refractivity contribution in [1.82, 2.24) is 10.2 Å². The highest BCUT2D eigenvalue weighted by Crippen LogP contribution is 2.00. The van der Waals surface area contributed by atoms with Crippen molar-refractivity contribution in [2.75, 3.05) is 32.7 Å². The van der Waals surface area contributed by atoms with Crippen LogP contribution in [0.3, 0.4) is 0 Å². The number of rotatable bonds is 6. The molecule has 0 radical (unpaired) electrons. The number of amidine groups is 1. The molecule has 0 bridgehead atoms. The van der Waals surface area contributed by atoms with E-state index in [1.807, 2.05) is 0 Å². The van der Waals surface area contributed by atoms with Crippen molar-refractivity contribution in [3.8, 4) is 0 Å². The van der Waals surface area contributed by atoms with Gasteiger partial charge in [-0.2, -0.15) is 0 Å². The van der Waals surface area contributed by atoms with Crippen molar-refractivity contribution in [2.45, 2.75) is 33.1 Å². The van der Waals surface area contributed by atoms with Crippen LogP contribution < -0.4 is 5.32 Å². The van der Waals surface area contributed by atoms with Gasteiger partial charge in [0.1, 0.15) is 0 Å². The van der Waals surface area contributed by atoms with E-state index in [4.69, 9.17) is 0 Å². The summed E-state index contributed by atoms with van der Waals surface area (Å²) in [6.45, 7) is 10.1. The van der Waals surface area contributed by atoms with Crippen LogP contribution in [0.2, 0.25) is 0 Å². The molecule has 1 heterocycles. The van der Waals surface area contributed by atoms with Gasteiger partial charge in [-0.05, 0) is 32.5 Å². The molecule has 0 aromatic carbocycles. The first-order chi connectivity index (χ1) is 6.86. The maximum Gasteiger partial charge on any atom is 0.0963 e. The molecule has 0 amide bonds. The highest BCUT2D eigenvalue weighted by Gasteiger charge is 2.04. The second-order valence-electron chi connectivity index (χ2n) is 3.74. The van der Waals surface area contributed by atoms with Crippen LogP contribution in [0.4, 0.5) is 0 Å². The van der Waals surface area contributed by atoms with E-state index >= 15 is 0 Å². The second-order valence-corrected chi connectivity index (χ2v) is 3.74. The number of nitrogens with one attached hydrogen (secondary N) is 1. The van der Waals surface area contributed by atoms with E-state index in [-0.39, 0.29) is 0 Å². The molecule has 1 rings (SSSR count). The topological polar surface area (TPSA) is 27.6 Å². The highest BCUT2D eigenvalue weighted by molar-refractivity contribution is 5.83. The Labute approximate surface area is 87.6 Å². The van der Waals surface area contributed by atoms with Gasteiger partial charge < -0.3 is 10.2 Å². The Balaban J connectivity index is 1.98. The lowest BCUT2D eigenvalue weighted by Crippen LogP contribution is -2.29. The van der Waals surface area contributed by atoms with Gasteiger partial charge in [-0.1, -0.05) is 13.8 Å². The Morgan fingerprint density at radius 1 is 1.36 bits per heavy atom. The summed E-state index contributed by atoms with van der Waals surface area (Å²) in [6.07, 6.45) is 3.62. The smallest absolute Gasteiger partial charge is 0.0963 e. The van der Waals surface area contributed by atoms with Crippen LogP contribution in [0.25, 0.3) is 0 Å². The van der Waals surface area contributed by atoms with Crippen LogP contribution in [0.5, 0.6) is 0 Å². The van der Waals surface area contributed by atoms with Crippen molar-refractivity contribution in [1.29, 1.82) is 0 Å². The molecule has 14 heavy (non-hydrogen) atoms. The molecule has 82 valence electrons. The molecule has 0 aromatic heterocycles. The van der Waals surface area contributed by atoms with Crippen LogP contribution in [0.1, 0.15) is 33.1 Å². The fourth-order valence-electron chi connectivity index (χ4n) is 1.76. The zero-order chi connectivity index (χ0) is 10.2. The lowest BCUT2D eigenvalue weighted by Gasteiger charge is -2.17. The van der Waals surface area contributed by atoms with Crippen LogP contribution in [0, 0.1) is 0 Å². The normalized spacial score (nSPS) is 16.1. The predicted molar refractivity (Wildman–Crippen MR) is 61.9 cm³/mol. The van der Waals surface area contributed by atoms with Gasteiger partial charge in [0.25, 0.3) is 0 Å². The fraction of sp³-hybridized carbons (Fsp3) is 0.909. The van der Waals surface area contributed by atoms with Gasteiger partial charge in [0, 0.05) is 19.5 Å². The summed E-state index contributed by atoms with van der Waals surface area (Å²) in [7, 11) is 0. The van der Waals surface area contributed by atoms with Crippen molar-refractivity contribution >= 4 is 5.84 Å². The molecule has 0 aliphatic carbocycles. The van der Waals surface area contributed by atoms with Gasteiger partial charge in [-0.25, -0.2) is 0 Å². The Hall–Kier alpha value is -0.570. The molecule has 0 saturated carbocycles. The van der Waals surface area contributed by atoms with Gasteiger partial charge in [0.05, 0.1) is 5.84 Å². The zero-order valence-electron chi connectivity index (χ0n) is 9.55. The molecule has 0 saturated heterocycles. The average molecular weight is 197 g/mol. The van der Waals surface area contributed by atoms with Gasteiger partial charge in [-0.3, -0.25) is 4.99 Å². The van der Waals surface area contributed by atoms with E-state index in [9.17, 15) is 0 Å². The Morgan fingerprint density at radius 2 is 2.14 bits per heavy atom. The van der Waals surface area contributed by atoms with Gasteiger partial charge in [-0.15, -0.1) is 0 Å². The summed E-state index contributed by atoms with van der Waals surface area (Å²) in [5.41, 5.74) is 0. The lowest BCUT2D eigenvalue weighted by molar-refractivity contribution is 0.300. The second kappa shape index (κ2) is 6.82. The summed E-state index contributed by atoms with van der Waals surface area (Å²) in [4.78, 5) is 6.84. The van der Waals surface area contributed by atoms with Crippen LogP contribution >= 0.6 is 0 Å². The molecule has 0 spiro atoms. The minimum absolute atomic E-state index is 1.03. The number of aliphatic imine (C=N–C) groups is 1. The Morgan fingerprint density at radius 3 is 2.71 bits per heavy atom. The third kappa shape index (κ3) is 4.09. The molecule has 0 aromatic rings. The maximum absolute atomic E-state index is 4.38. The van der Waals surface area contributed by atoms with Crippen molar-refractivity contribution in [2.24, 2.45) is 4.99 Å². The van der Waals surface area contributed by atoms with Crippen molar-refractivity contribution < 1.29 is 0 Å². The minimum atomic E-state index is 1.03. The molecule has 1 N–H and O–H groups in total. The number of hydrogen-bond acceptors (Lipinski definition) is 3. The number of hydrogen-bond donors (Lipinski definition) is 1. The lowest BCUT2D eigenvalue weighted by atomic mass is 10.3. The highest BCUT2D eigenvalue weighted by atomic mass is 15.1. The molecular formula is C11H23N3. The molecule has 3 heteroatoms. The first-order valence-electron chi connectivity index (χ1n) is 5.86. The van der Waals surface area contributed by atoms with Crippen LogP contribution in [-0.2, 0) is 0 Å². The van der Waals surface area contributed by atoms with E-state index in [1.165, 1.54) is 25.2 Å². The summed E-state index contributed by atoms with van der Waals surface area (Å²) in [5, 5.41) is 3.41. The third-order valence-electron chi connectivity index (χ3n) is 2.75. The monoisotopic (exact) mass is 197 g/mol. The van der Waals surface area contributed by atoms with Crippen LogP contribution in [0.15, 0.2) is 4.99 Å². The van der Waals surface area contributed by atoms with E-state index < -0.39 is 0 Å². The largest absolute Gasteiger partial charge is 0.374 e. The summed E-state index contributed by atoms with van der Waals surface area (Å²) in [6, 6.07) is 0. The molecule has 0 unspecified atom stereocenters. The first kappa shape index (κ1) is 11.5. The maximum atomic E-state index is 4.38. The molecule has 0 atom stereocenters. The third-order valence-corrected chi connectivity index (χ3v) is 2.75. The quantitative estimate of drug-likeness (QED) is 0.653. The average Bonchev–Trinajstić information content (AvgIpc) is 2.71. The van der Waals surface area contributed by atoms with Gasteiger partial charge in [0.15, 0.2) is 0 Å². The van der Waals surface area contributed by atoms with Crippen molar-refractivity contribution in [3.63, 3.8) is 0 Å². The molecule has 3 nitrogen and oxygen atoms in total. The fourth-order valence-corrected chi connectivity index (χ4v) is 1.76. The summed E-state index contributed by atoms with van der Waals surface area (Å²) < 4.78 is 0. The van der Waals surface area contributed by atoms with E-state index in [2.05, 4.69) is 29.1 Å². The van der Waals surface area contributed by atoms with E-state index in [1.54, 1.807) is 0 Å². The summed E-state index contributed by atoms with van der Waals surface area (Å²) >= 11 is 0. The SMILES string of the molecule is CCN(CC)CCCNC1=NCCC1. The molecule has 1 aliphatic rings. The van der Waals surface area contributed by atoms with Gasteiger partial charge in [0.2, 0.25) is 0 Å². The van der Waals surface area contributed by atoms with Crippen molar-refractivity contribution in [3.05, 3.63) is 0 Å². The molecule has 1 aliphatic heterocycles. The molecule has 0 fully saturated rings. The minimum Gasteiger partial charge on any atom is -0.374 e. The Kier molecular flexibility index (Phi) is 5.60. The zero-order valence-corrected chi connectivity index (χ0v) is 9.55. The first-order valence-corrected chi connectivity index (χ1v) is 5.86. The Bertz CT molecular complexity index is 173. The number of nitrogens with zero attached hydrogens (tertiary/aromatic N) is 2. The summed E-state index contributed by atoms with van der Waals surface area (Å²) in [5.74, 6) is 1.23. The standard InChI is InChI=1S/C11H23N3/c1-3-14(4-2)10-6-9-13-11-7-5-8-12-11/h3-10H2,1-2H3,(H,12,13). The predicted octanol–water partition coefficient (Wildman–Crippen LogP) is 1.50. The van der Waals surface area contributed by atoms with E-state index in [0.29, 0.717) is 0 Å². The van der Waals surface area contributed by atoms with E-state index in [0.717, 1.165) is 32.6 Å². The molecular weight excluding hydrogens is 174 g/mol. The van der Waals surface area contributed by atoms with Gasteiger partial charge >= 0.3 is 0 Å². The van der Waals surface area contributed by atoms with Crippen LogP contribution in [-0.4, -0.2) is 43.5 Å².